The zero-order valence-electron chi connectivity index (χ0n) is 13.2. The molecule has 0 saturated carbocycles. The molecule has 0 spiro atoms. The van der Waals surface area contributed by atoms with E-state index in [1.54, 1.807) is 6.07 Å². The lowest BCUT2D eigenvalue weighted by Crippen LogP contribution is -2.47. The van der Waals surface area contributed by atoms with Gasteiger partial charge in [-0.05, 0) is 63.4 Å². The summed E-state index contributed by atoms with van der Waals surface area (Å²) in [5, 5.41) is 9.65. The Labute approximate surface area is 128 Å². The van der Waals surface area contributed by atoms with Gasteiger partial charge < -0.3 is 10.0 Å². The van der Waals surface area contributed by atoms with Crippen LogP contribution in [0.25, 0.3) is 0 Å². The largest absolute Gasteiger partial charge is 0.508 e. The van der Waals surface area contributed by atoms with E-state index >= 15 is 0 Å². The van der Waals surface area contributed by atoms with E-state index in [0.29, 0.717) is 11.8 Å². The van der Waals surface area contributed by atoms with Crippen molar-refractivity contribution in [1.82, 2.24) is 9.80 Å². The molecule has 2 aliphatic rings. The summed E-state index contributed by atoms with van der Waals surface area (Å²) in [5.41, 5.74) is 1.23. The number of rotatable bonds is 3. The number of phenols is 1. The second-order valence-electron chi connectivity index (χ2n) is 6.63. The summed E-state index contributed by atoms with van der Waals surface area (Å²) in [4.78, 5) is 5.29. The molecule has 2 saturated heterocycles. The quantitative estimate of drug-likeness (QED) is 0.923. The first-order valence-electron chi connectivity index (χ1n) is 8.51. The van der Waals surface area contributed by atoms with Crippen molar-refractivity contribution >= 4 is 0 Å². The number of piperidine rings is 2. The highest BCUT2D eigenvalue weighted by molar-refractivity contribution is 5.29. The van der Waals surface area contributed by atoms with Crippen LogP contribution < -0.4 is 0 Å². The summed E-state index contributed by atoms with van der Waals surface area (Å²) in [6.07, 6.45) is 6.79. The van der Waals surface area contributed by atoms with Gasteiger partial charge in [0, 0.05) is 25.2 Å². The van der Waals surface area contributed by atoms with Crippen LogP contribution in [0.15, 0.2) is 24.3 Å². The monoisotopic (exact) mass is 288 g/mol. The normalized spacial score (nSPS) is 24.0. The third kappa shape index (κ3) is 3.58. The number of likely N-dealkylation sites (tertiary alicyclic amines) is 2. The average Bonchev–Trinajstić information content (AvgIpc) is 2.55. The van der Waals surface area contributed by atoms with Gasteiger partial charge in [-0.2, -0.15) is 0 Å². The minimum absolute atomic E-state index is 0.377. The van der Waals surface area contributed by atoms with Gasteiger partial charge in [0.05, 0.1) is 0 Å². The molecule has 1 unspecified atom stereocenters. The zero-order chi connectivity index (χ0) is 14.7. The molecule has 2 aliphatic heterocycles. The summed E-state index contributed by atoms with van der Waals surface area (Å²) in [6.45, 7) is 7.24. The van der Waals surface area contributed by atoms with Crippen molar-refractivity contribution in [1.29, 1.82) is 0 Å². The number of benzene rings is 1. The summed E-state index contributed by atoms with van der Waals surface area (Å²) >= 11 is 0. The Balaban J connectivity index is 1.55. The highest BCUT2D eigenvalue weighted by Gasteiger charge is 2.27. The highest BCUT2D eigenvalue weighted by atomic mass is 16.3. The molecule has 2 fully saturated rings. The Morgan fingerprint density at radius 3 is 2.43 bits per heavy atom. The lowest BCUT2D eigenvalue weighted by atomic mass is 9.97. The summed E-state index contributed by atoms with van der Waals surface area (Å²) in [6, 6.07) is 8.93. The first-order valence-corrected chi connectivity index (χ1v) is 8.51. The maximum absolute atomic E-state index is 9.65. The molecule has 0 amide bonds. The van der Waals surface area contributed by atoms with Crippen molar-refractivity contribution in [3.63, 3.8) is 0 Å². The molecular formula is C18H28N2O. The van der Waals surface area contributed by atoms with Gasteiger partial charge in [0.25, 0.3) is 0 Å². The maximum Gasteiger partial charge on any atom is 0.115 e. The van der Waals surface area contributed by atoms with Gasteiger partial charge in [0.2, 0.25) is 0 Å². The summed E-state index contributed by atoms with van der Waals surface area (Å²) in [5.74, 6) is 0.377. The smallest absolute Gasteiger partial charge is 0.115 e. The molecule has 0 aliphatic carbocycles. The predicted octanol–water partition coefficient (Wildman–Crippen LogP) is 3.40. The van der Waals surface area contributed by atoms with Crippen molar-refractivity contribution in [2.24, 2.45) is 0 Å². The van der Waals surface area contributed by atoms with Crippen LogP contribution in [0.4, 0.5) is 0 Å². The molecule has 21 heavy (non-hydrogen) atoms. The number of hydrogen-bond acceptors (Lipinski definition) is 3. The predicted molar refractivity (Wildman–Crippen MR) is 86.5 cm³/mol. The molecule has 1 aromatic rings. The van der Waals surface area contributed by atoms with Gasteiger partial charge in [-0.1, -0.05) is 18.6 Å². The number of phenolic OH excluding ortho intramolecular Hbond substituents is 1. The second-order valence-corrected chi connectivity index (χ2v) is 6.63. The van der Waals surface area contributed by atoms with Gasteiger partial charge in [-0.15, -0.1) is 0 Å². The van der Waals surface area contributed by atoms with Gasteiger partial charge in [0.15, 0.2) is 0 Å². The maximum atomic E-state index is 9.65. The van der Waals surface area contributed by atoms with Crippen molar-refractivity contribution in [3.05, 3.63) is 29.8 Å². The molecule has 0 aromatic heterocycles. The van der Waals surface area contributed by atoms with Crippen molar-refractivity contribution in [2.75, 3.05) is 26.2 Å². The molecule has 3 heteroatoms. The third-order valence-corrected chi connectivity index (χ3v) is 5.31. The lowest BCUT2D eigenvalue weighted by Gasteiger charge is -2.42. The fraction of sp³-hybridized carbons (Fsp3) is 0.667. The highest BCUT2D eigenvalue weighted by Crippen LogP contribution is 2.28. The molecule has 1 atom stereocenters. The van der Waals surface area contributed by atoms with Crippen LogP contribution in [0.2, 0.25) is 0 Å². The molecule has 0 radical (unpaired) electrons. The van der Waals surface area contributed by atoms with E-state index in [2.05, 4.69) is 22.8 Å². The Morgan fingerprint density at radius 1 is 1.05 bits per heavy atom. The molecule has 3 nitrogen and oxygen atoms in total. The number of nitrogens with zero attached hydrogens (tertiary/aromatic N) is 2. The standard InChI is InChI=1S/C18H28N2O/c1-15(16-6-5-7-18(21)14-16)19-12-8-17(9-13-19)20-10-3-2-4-11-20/h5-7,14-15,17,21H,2-4,8-13H2,1H3. The van der Waals surface area contributed by atoms with Crippen molar-refractivity contribution < 1.29 is 5.11 Å². The molecular weight excluding hydrogens is 260 g/mol. The molecule has 1 N–H and O–H groups in total. The van der Waals surface area contributed by atoms with Gasteiger partial charge in [-0.3, -0.25) is 4.90 Å². The van der Waals surface area contributed by atoms with Gasteiger partial charge >= 0.3 is 0 Å². The van der Waals surface area contributed by atoms with E-state index in [1.165, 1.54) is 63.8 Å². The Morgan fingerprint density at radius 2 is 1.76 bits per heavy atom. The average molecular weight is 288 g/mol. The number of hydrogen-bond donors (Lipinski definition) is 1. The number of aromatic hydroxyl groups is 1. The van der Waals surface area contributed by atoms with Crippen LogP contribution in [-0.2, 0) is 0 Å². The molecule has 3 rings (SSSR count). The summed E-state index contributed by atoms with van der Waals surface area (Å²) < 4.78 is 0. The van der Waals surface area contributed by atoms with E-state index in [4.69, 9.17) is 0 Å². The first kappa shape index (κ1) is 14.9. The van der Waals surface area contributed by atoms with Crippen molar-refractivity contribution in [3.8, 4) is 5.75 Å². The SMILES string of the molecule is CC(c1cccc(O)c1)N1CCC(N2CCCCC2)CC1. The molecule has 2 heterocycles. The van der Waals surface area contributed by atoms with Gasteiger partial charge in [-0.25, -0.2) is 0 Å². The van der Waals surface area contributed by atoms with E-state index < -0.39 is 0 Å². The molecule has 1 aromatic carbocycles. The van der Waals surface area contributed by atoms with Crippen LogP contribution in [0.1, 0.15) is 50.6 Å². The van der Waals surface area contributed by atoms with E-state index in [9.17, 15) is 5.11 Å². The molecule has 0 bridgehead atoms. The summed E-state index contributed by atoms with van der Waals surface area (Å²) in [7, 11) is 0. The fourth-order valence-electron chi connectivity index (χ4n) is 3.92. The Hall–Kier alpha value is -1.06. The second kappa shape index (κ2) is 6.80. The van der Waals surface area contributed by atoms with Crippen molar-refractivity contribution in [2.45, 2.75) is 51.1 Å². The fourth-order valence-corrected chi connectivity index (χ4v) is 3.92. The zero-order valence-corrected chi connectivity index (χ0v) is 13.2. The van der Waals surface area contributed by atoms with Crippen LogP contribution in [-0.4, -0.2) is 47.1 Å². The minimum atomic E-state index is 0.377. The van der Waals surface area contributed by atoms with E-state index in [-0.39, 0.29) is 0 Å². The minimum Gasteiger partial charge on any atom is -0.508 e. The van der Waals surface area contributed by atoms with Gasteiger partial charge in [0.1, 0.15) is 5.75 Å². The molecule has 116 valence electrons. The Kier molecular flexibility index (Phi) is 4.81. The third-order valence-electron chi connectivity index (χ3n) is 5.31. The Bertz CT molecular complexity index is 448. The van der Waals surface area contributed by atoms with E-state index in [1.807, 2.05) is 12.1 Å². The lowest BCUT2D eigenvalue weighted by molar-refractivity contribution is 0.0758. The van der Waals surface area contributed by atoms with Crippen LogP contribution in [0.3, 0.4) is 0 Å². The van der Waals surface area contributed by atoms with E-state index in [0.717, 1.165) is 6.04 Å². The van der Waals surface area contributed by atoms with Crippen LogP contribution in [0.5, 0.6) is 5.75 Å². The van der Waals surface area contributed by atoms with Crippen LogP contribution >= 0.6 is 0 Å². The topological polar surface area (TPSA) is 26.7 Å². The van der Waals surface area contributed by atoms with Crippen LogP contribution in [0, 0.1) is 0 Å². The first-order chi connectivity index (χ1) is 10.2.